The van der Waals surface area contributed by atoms with Crippen LogP contribution in [0.1, 0.15) is 104 Å². The van der Waals surface area contributed by atoms with Crippen molar-refractivity contribution in [2.75, 3.05) is 0 Å². The summed E-state index contributed by atoms with van der Waals surface area (Å²) in [7, 11) is -4.19. The number of aliphatic hydroxyl groups excluding tert-OH is 1. The van der Waals surface area contributed by atoms with Crippen LogP contribution in [0, 0.1) is 0 Å². The zero-order valence-electron chi connectivity index (χ0n) is 16.1. The van der Waals surface area contributed by atoms with Crippen LogP contribution in [0.2, 0.25) is 0 Å². The van der Waals surface area contributed by atoms with E-state index in [1.165, 1.54) is 38.5 Å². The topological polar surface area (TPSA) is 77.4 Å². The molecule has 4 nitrogen and oxygen atoms in total. The molecule has 6 heteroatoms. The van der Waals surface area contributed by atoms with Crippen LogP contribution in [0.25, 0.3) is 0 Å². The van der Waals surface area contributed by atoms with Gasteiger partial charge in [0, 0.05) is 5.25 Å². The number of rotatable bonds is 16. The Morgan fingerprint density at radius 3 is 1.75 bits per heavy atom. The molecule has 0 saturated heterocycles. The maximum absolute atomic E-state index is 11.1. The predicted octanol–water partition coefficient (Wildman–Crippen LogP) is 1.77. The third-order valence-electron chi connectivity index (χ3n) is 4.47. The largest absolute Gasteiger partial charge is 1.00 e. The minimum Gasteiger partial charge on any atom is -0.748 e. The molecule has 2 unspecified atom stereocenters. The second-order valence-electron chi connectivity index (χ2n) is 6.75. The van der Waals surface area contributed by atoms with Crippen molar-refractivity contribution < 1.29 is 69.5 Å². The summed E-state index contributed by atoms with van der Waals surface area (Å²) in [5, 5.41) is 9.16. The van der Waals surface area contributed by atoms with Gasteiger partial charge in [-0.25, -0.2) is 8.42 Å². The van der Waals surface area contributed by atoms with Crippen molar-refractivity contribution in [1.82, 2.24) is 0 Å². The van der Waals surface area contributed by atoms with E-state index in [2.05, 4.69) is 6.92 Å². The molecule has 0 aliphatic heterocycles. The van der Waals surface area contributed by atoms with Crippen LogP contribution < -0.4 is 51.4 Å². The van der Waals surface area contributed by atoms with Crippen molar-refractivity contribution in [3.8, 4) is 0 Å². The van der Waals surface area contributed by atoms with Crippen LogP contribution in [-0.2, 0) is 10.1 Å². The van der Waals surface area contributed by atoms with Gasteiger partial charge in [-0.1, -0.05) is 71.6 Å². The van der Waals surface area contributed by atoms with Crippen molar-refractivity contribution in [2.45, 2.75) is 115 Å². The molecule has 0 aromatic carbocycles. The number of hydrogen-bond donors (Lipinski definition) is 1. The first kappa shape index (κ1) is 27.7. The Bertz CT molecular complexity index is 360. The van der Waals surface area contributed by atoms with Crippen molar-refractivity contribution in [2.24, 2.45) is 0 Å². The Hall–Kier alpha value is 1.51. The molecule has 0 aromatic heterocycles. The van der Waals surface area contributed by atoms with Crippen LogP contribution in [0.15, 0.2) is 0 Å². The fourth-order valence-corrected chi connectivity index (χ4v) is 3.97. The van der Waals surface area contributed by atoms with Gasteiger partial charge in [-0.05, 0) is 32.1 Å². The van der Waals surface area contributed by atoms with E-state index in [4.69, 9.17) is 0 Å². The molecule has 0 aliphatic carbocycles. The SMILES string of the molecule is CCCCCCCCCCC(O)CCCC(CCC)S(=O)(=O)[O-].[K+]. The molecule has 0 aliphatic rings. The van der Waals surface area contributed by atoms with Crippen molar-refractivity contribution in [1.29, 1.82) is 0 Å². The van der Waals surface area contributed by atoms with Crippen molar-refractivity contribution in [3.63, 3.8) is 0 Å². The monoisotopic (exact) mass is 388 g/mol. The Balaban J connectivity index is 0. The zero-order chi connectivity index (χ0) is 17.6. The Labute approximate surface area is 192 Å². The van der Waals surface area contributed by atoms with E-state index in [-0.39, 0.29) is 57.5 Å². The second-order valence-corrected chi connectivity index (χ2v) is 8.40. The molecular weight excluding hydrogens is 351 g/mol. The summed E-state index contributed by atoms with van der Waals surface area (Å²) in [4.78, 5) is 0. The Morgan fingerprint density at radius 1 is 0.750 bits per heavy atom. The van der Waals surface area contributed by atoms with Crippen LogP contribution >= 0.6 is 0 Å². The summed E-state index contributed by atoms with van der Waals surface area (Å²) in [6, 6.07) is 0. The average molecular weight is 389 g/mol. The van der Waals surface area contributed by atoms with E-state index in [1.54, 1.807) is 0 Å². The molecule has 140 valence electrons. The molecule has 24 heavy (non-hydrogen) atoms. The molecular formula is C18H37KO4S. The van der Waals surface area contributed by atoms with Gasteiger partial charge in [0.05, 0.1) is 16.2 Å². The van der Waals surface area contributed by atoms with E-state index in [0.717, 1.165) is 19.3 Å². The molecule has 0 fully saturated rings. The molecule has 0 bridgehead atoms. The summed E-state index contributed by atoms with van der Waals surface area (Å²) in [5.74, 6) is 0. The predicted molar refractivity (Wildman–Crippen MR) is 95.5 cm³/mol. The van der Waals surface area contributed by atoms with Crippen LogP contribution in [0.3, 0.4) is 0 Å². The van der Waals surface area contributed by atoms with E-state index in [1.807, 2.05) is 6.92 Å². The summed E-state index contributed by atoms with van der Waals surface area (Å²) >= 11 is 0. The molecule has 1 N–H and O–H groups in total. The molecule has 0 heterocycles. The molecule has 0 radical (unpaired) electrons. The van der Waals surface area contributed by atoms with E-state index >= 15 is 0 Å². The van der Waals surface area contributed by atoms with Crippen LogP contribution in [-0.4, -0.2) is 29.4 Å². The standard InChI is InChI=1S/C18H38O4S.K/c1-3-5-6-7-8-9-10-11-14-17(19)15-12-16-18(13-4-2)23(20,21)22;/h17-19H,3-16H2,1-2H3,(H,20,21,22);/q;+1/p-1. The third-order valence-corrected chi connectivity index (χ3v) is 5.76. The molecule has 0 rings (SSSR count). The summed E-state index contributed by atoms with van der Waals surface area (Å²) < 4.78 is 33.4. The Morgan fingerprint density at radius 2 is 1.25 bits per heavy atom. The minimum atomic E-state index is -4.19. The van der Waals surface area contributed by atoms with Gasteiger partial charge < -0.3 is 9.66 Å². The van der Waals surface area contributed by atoms with Gasteiger partial charge in [-0.2, -0.15) is 0 Å². The van der Waals surface area contributed by atoms with Gasteiger partial charge in [0.1, 0.15) is 0 Å². The van der Waals surface area contributed by atoms with E-state index < -0.39 is 15.4 Å². The number of aliphatic hydroxyl groups is 1. The second kappa shape index (κ2) is 17.9. The fraction of sp³-hybridized carbons (Fsp3) is 1.00. The molecule has 0 amide bonds. The Kier molecular flexibility index (Phi) is 20.7. The quantitative estimate of drug-likeness (QED) is 0.248. The maximum atomic E-state index is 11.1. The molecule has 0 saturated carbocycles. The summed E-state index contributed by atoms with van der Waals surface area (Å²) in [6.07, 6.45) is 13.2. The number of hydrogen-bond acceptors (Lipinski definition) is 4. The van der Waals surface area contributed by atoms with Crippen molar-refractivity contribution in [3.05, 3.63) is 0 Å². The van der Waals surface area contributed by atoms with Gasteiger partial charge in [0.2, 0.25) is 0 Å². The normalized spacial score (nSPS) is 14.2. The van der Waals surface area contributed by atoms with Gasteiger partial charge in [0.15, 0.2) is 0 Å². The first-order valence-corrected chi connectivity index (χ1v) is 11.0. The summed E-state index contributed by atoms with van der Waals surface area (Å²) in [6.45, 7) is 4.10. The smallest absolute Gasteiger partial charge is 0.748 e. The maximum Gasteiger partial charge on any atom is 1.00 e. The van der Waals surface area contributed by atoms with Gasteiger partial charge in [0.25, 0.3) is 0 Å². The molecule has 0 aromatic rings. The van der Waals surface area contributed by atoms with E-state index in [0.29, 0.717) is 32.1 Å². The minimum absolute atomic E-state index is 0. The van der Waals surface area contributed by atoms with Crippen LogP contribution in [0.4, 0.5) is 0 Å². The van der Waals surface area contributed by atoms with Crippen LogP contribution in [0.5, 0.6) is 0 Å². The molecule has 2 atom stereocenters. The van der Waals surface area contributed by atoms with Crippen molar-refractivity contribution >= 4 is 10.1 Å². The van der Waals surface area contributed by atoms with Gasteiger partial charge in [-0.3, -0.25) is 0 Å². The number of unbranched alkanes of at least 4 members (excludes halogenated alkanes) is 7. The first-order chi connectivity index (χ1) is 10.9. The fourth-order valence-electron chi connectivity index (χ4n) is 2.99. The third kappa shape index (κ3) is 16.9. The molecule has 0 spiro atoms. The summed E-state index contributed by atoms with van der Waals surface area (Å²) in [5.41, 5.74) is 0. The average Bonchev–Trinajstić information content (AvgIpc) is 2.48. The van der Waals surface area contributed by atoms with Gasteiger partial charge in [-0.15, -0.1) is 0 Å². The van der Waals surface area contributed by atoms with Gasteiger partial charge >= 0.3 is 51.4 Å². The first-order valence-electron chi connectivity index (χ1n) is 9.54. The zero-order valence-corrected chi connectivity index (χ0v) is 20.1. The van der Waals surface area contributed by atoms with E-state index in [9.17, 15) is 18.1 Å².